The van der Waals surface area contributed by atoms with Crippen LogP contribution >= 0.6 is 11.6 Å². The second kappa shape index (κ2) is 5.60. The van der Waals surface area contributed by atoms with Crippen LogP contribution in [0.1, 0.15) is 18.4 Å². The lowest BCUT2D eigenvalue weighted by Crippen LogP contribution is -2.36. The van der Waals surface area contributed by atoms with Crippen molar-refractivity contribution in [2.75, 3.05) is 26.0 Å². The van der Waals surface area contributed by atoms with Crippen molar-refractivity contribution < 1.29 is 0 Å². The molecular weight excluding hydrogens is 246 g/mol. The van der Waals surface area contributed by atoms with E-state index in [1.54, 1.807) is 12.1 Å². The van der Waals surface area contributed by atoms with E-state index in [1.165, 1.54) is 12.8 Å². The van der Waals surface area contributed by atoms with Crippen molar-refractivity contribution in [1.82, 2.24) is 4.90 Å². The maximum atomic E-state index is 9.06. The predicted molar refractivity (Wildman–Crippen MR) is 74.9 cm³/mol. The van der Waals surface area contributed by atoms with Gasteiger partial charge in [-0.25, -0.2) is 0 Å². The quantitative estimate of drug-likeness (QED) is 0.888. The number of nitrogens with zero attached hydrogens (tertiary/aromatic N) is 2. The van der Waals surface area contributed by atoms with Gasteiger partial charge in [0.05, 0.1) is 11.3 Å². The fourth-order valence-corrected chi connectivity index (χ4v) is 2.40. The molecule has 0 aromatic heterocycles. The van der Waals surface area contributed by atoms with Crippen LogP contribution in [0.15, 0.2) is 18.2 Å². The van der Waals surface area contributed by atoms with E-state index in [9.17, 15) is 0 Å². The smallest absolute Gasteiger partial charge is 0.101 e. The van der Waals surface area contributed by atoms with Gasteiger partial charge in [0, 0.05) is 17.6 Å². The molecule has 0 aliphatic heterocycles. The maximum Gasteiger partial charge on any atom is 0.101 e. The summed E-state index contributed by atoms with van der Waals surface area (Å²) in [7, 11) is 4.21. The molecule has 0 radical (unpaired) electrons. The molecule has 3 nitrogen and oxygen atoms in total. The Morgan fingerprint density at radius 2 is 2.22 bits per heavy atom. The van der Waals surface area contributed by atoms with Crippen LogP contribution in [0.25, 0.3) is 0 Å². The minimum atomic E-state index is 0.524. The minimum absolute atomic E-state index is 0.524. The van der Waals surface area contributed by atoms with Crippen molar-refractivity contribution in [3.63, 3.8) is 0 Å². The van der Waals surface area contributed by atoms with Gasteiger partial charge in [0.1, 0.15) is 6.07 Å². The zero-order valence-electron chi connectivity index (χ0n) is 10.8. The summed E-state index contributed by atoms with van der Waals surface area (Å²) in [6, 6.07) is 8.03. The van der Waals surface area contributed by atoms with Gasteiger partial charge in [-0.1, -0.05) is 11.6 Å². The van der Waals surface area contributed by atoms with Crippen LogP contribution in [-0.2, 0) is 0 Å². The molecule has 0 amide bonds. The lowest BCUT2D eigenvalue weighted by Gasteiger charge is -2.25. The molecule has 0 saturated heterocycles. The van der Waals surface area contributed by atoms with E-state index in [-0.39, 0.29) is 0 Å². The highest BCUT2D eigenvalue weighted by atomic mass is 35.5. The van der Waals surface area contributed by atoms with Crippen LogP contribution in [0.5, 0.6) is 0 Å². The van der Waals surface area contributed by atoms with E-state index in [0.717, 1.165) is 18.2 Å². The highest BCUT2D eigenvalue weighted by molar-refractivity contribution is 6.30. The molecule has 18 heavy (non-hydrogen) atoms. The van der Waals surface area contributed by atoms with E-state index in [1.807, 2.05) is 6.07 Å². The number of halogens is 1. The summed E-state index contributed by atoms with van der Waals surface area (Å²) in [5.41, 5.74) is 1.48. The lowest BCUT2D eigenvalue weighted by molar-refractivity contribution is 0.276. The highest BCUT2D eigenvalue weighted by Gasteiger charge is 2.32. The number of hydrogen-bond donors (Lipinski definition) is 1. The molecule has 1 saturated carbocycles. The Hall–Kier alpha value is -1.24. The third-order valence-electron chi connectivity index (χ3n) is 3.43. The fraction of sp³-hybridized carbons (Fsp3) is 0.500. The molecule has 0 heterocycles. The van der Waals surface area contributed by atoms with Gasteiger partial charge in [0.15, 0.2) is 0 Å². The molecule has 1 unspecified atom stereocenters. The van der Waals surface area contributed by atoms with E-state index in [4.69, 9.17) is 16.9 Å². The summed E-state index contributed by atoms with van der Waals surface area (Å²) < 4.78 is 0. The molecule has 1 aliphatic rings. The van der Waals surface area contributed by atoms with Crippen molar-refractivity contribution >= 4 is 17.3 Å². The molecule has 1 aromatic rings. The van der Waals surface area contributed by atoms with Crippen LogP contribution in [-0.4, -0.2) is 31.6 Å². The van der Waals surface area contributed by atoms with Gasteiger partial charge in [-0.15, -0.1) is 0 Å². The van der Waals surface area contributed by atoms with Crippen LogP contribution in [0.3, 0.4) is 0 Å². The second-order valence-corrected chi connectivity index (χ2v) is 5.49. The SMILES string of the molecule is CN(C)C(CNc1cc(Cl)ccc1C#N)C1CC1. The standard InChI is InChI=1S/C14H18ClN3/c1-18(2)14(10-3-4-10)9-17-13-7-12(15)6-5-11(13)8-16/h5-7,10,14,17H,3-4,9H2,1-2H3. The van der Waals surface area contributed by atoms with Gasteiger partial charge in [0.25, 0.3) is 0 Å². The molecule has 0 spiro atoms. The van der Waals surface area contributed by atoms with Crippen molar-refractivity contribution in [2.45, 2.75) is 18.9 Å². The van der Waals surface area contributed by atoms with Gasteiger partial charge in [0.2, 0.25) is 0 Å². The van der Waals surface area contributed by atoms with Gasteiger partial charge in [-0.2, -0.15) is 5.26 Å². The topological polar surface area (TPSA) is 39.1 Å². The first-order valence-electron chi connectivity index (χ1n) is 6.21. The molecule has 1 N–H and O–H groups in total. The largest absolute Gasteiger partial charge is 0.382 e. The summed E-state index contributed by atoms with van der Waals surface area (Å²) >= 11 is 5.97. The van der Waals surface area contributed by atoms with Gasteiger partial charge in [-0.3, -0.25) is 0 Å². The molecule has 4 heteroatoms. The number of anilines is 1. The van der Waals surface area contributed by atoms with E-state index in [0.29, 0.717) is 16.6 Å². The summed E-state index contributed by atoms with van der Waals surface area (Å²) in [5.74, 6) is 0.789. The summed E-state index contributed by atoms with van der Waals surface area (Å²) in [4.78, 5) is 2.25. The Kier molecular flexibility index (Phi) is 4.11. The third-order valence-corrected chi connectivity index (χ3v) is 3.67. The lowest BCUT2D eigenvalue weighted by atomic mass is 10.1. The van der Waals surface area contributed by atoms with Gasteiger partial charge in [-0.05, 0) is 51.1 Å². The molecule has 0 bridgehead atoms. The normalized spacial score (nSPS) is 16.4. The molecule has 2 rings (SSSR count). The van der Waals surface area contributed by atoms with Crippen LogP contribution < -0.4 is 5.32 Å². The van der Waals surface area contributed by atoms with Gasteiger partial charge >= 0.3 is 0 Å². The Morgan fingerprint density at radius 3 is 2.78 bits per heavy atom. The Labute approximate surface area is 113 Å². The molecule has 1 aliphatic carbocycles. The molecular formula is C14H18ClN3. The van der Waals surface area contributed by atoms with E-state index in [2.05, 4.69) is 30.4 Å². The maximum absolute atomic E-state index is 9.06. The third kappa shape index (κ3) is 3.16. The monoisotopic (exact) mass is 263 g/mol. The Bertz CT molecular complexity index is 459. The summed E-state index contributed by atoms with van der Waals surface area (Å²) in [5, 5.41) is 13.1. The van der Waals surface area contributed by atoms with E-state index >= 15 is 0 Å². The van der Waals surface area contributed by atoms with Crippen molar-refractivity contribution in [3.05, 3.63) is 28.8 Å². The first kappa shape index (κ1) is 13.2. The number of likely N-dealkylation sites (N-methyl/N-ethyl adjacent to an activating group) is 1. The van der Waals surface area contributed by atoms with Crippen LogP contribution in [0.2, 0.25) is 5.02 Å². The fourth-order valence-electron chi connectivity index (χ4n) is 2.23. The molecule has 1 fully saturated rings. The Morgan fingerprint density at radius 1 is 1.50 bits per heavy atom. The number of nitrogens with one attached hydrogen (secondary N) is 1. The number of rotatable bonds is 5. The van der Waals surface area contributed by atoms with Crippen LogP contribution in [0.4, 0.5) is 5.69 Å². The van der Waals surface area contributed by atoms with E-state index < -0.39 is 0 Å². The zero-order chi connectivity index (χ0) is 13.1. The van der Waals surface area contributed by atoms with Gasteiger partial charge < -0.3 is 10.2 Å². The molecule has 96 valence electrons. The Balaban J connectivity index is 2.05. The van der Waals surface area contributed by atoms with Crippen molar-refractivity contribution in [3.8, 4) is 6.07 Å². The average Bonchev–Trinajstić information content (AvgIpc) is 3.13. The minimum Gasteiger partial charge on any atom is -0.382 e. The number of hydrogen-bond acceptors (Lipinski definition) is 3. The molecule has 1 aromatic carbocycles. The van der Waals surface area contributed by atoms with Crippen LogP contribution in [0, 0.1) is 17.2 Å². The first-order valence-corrected chi connectivity index (χ1v) is 6.59. The molecule has 1 atom stereocenters. The predicted octanol–water partition coefficient (Wildman–Crippen LogP) is 2.96. The zero-order valence-corrected chi connectivity index (χ0v) is 11.5. The first-order chi connectivity index (χ1) is 8.61. The summed E-state index contributed by atoms with van der Waals surface area (Å²) in [6.07, 6.45) is 2.62. The van der Waals surface area contributed by atoms with Crippen molar-refractivity contribution in [1.29, 1.82) is 5.26 Å². The average molecular weight is 264 g/mol. The number of nitriles is 1. The second-order valence-electron chi connectivity index (χ2n) is 5.05. The highest BCUT2D eigenvalue weighted by Crippen LogP contribution is 2.34. The van der Waals surface area contributed by atoms with Crippen molar-refractivity contribution in [2.24, 2.45) is 5.92 Å². The summed E-state index contributed by atoms with van der Waals surface area (Å²) in [6.45, 7) is 0.854. The number of benzene rings is 1.